The molecular weight excluding hydrogens is 370 g/mol. The van der Waals surface area contributed by atoms with Gasteiger partial charge in [-0.3, -0.25) is 4.99 Å². The average Bonchev–Trinajstić information content (AvgIpc) is 2.70. The number of allylic oxidation sites excluding steroid dienone is 5. The minimum Gasteiger partial charge on any atom is -0.263 e. The second-order valence-corrected chi connectivity index (χ2v) is 8.75. The molecule has 2 aromatic carbocycles. The smallest absolute Gasteiger partial charge is 0.0764 e. The van der Waals surface area contributed by atoms with Gasteiger partial charge in [-0.1, -0.05) is 68.0 Å². The van der Waals surface area contributed by atoms with Crippen LogP contribution >= 0.6 is 11.8 Å². The number of benzene rings is 2. The van der Waals surface area contributed by atoms with E-state index in [4.69, 9.17) is 0 Å². The number of aryl methyl sites for hydroxylation is 1. The number of hydrogen-bond donors (Lipinski definition) is 0. The maximum atomic E-state index is 4.35. The summed E-state index contributed by atoms with van der Waals surface area (Å²) in [6.45, 7) is 16.9. The average molecular weight is 404 g/mol. The Morgan fingerprint density at radius 2 is 1.83 bits per heavy atom. The van der Waals surface area contributed by atoms with Crippen molar-refractivity contribution in [2.24, 2.45) is 4.99 Å². The molecule has 29 heavy (non-hydrogen) atoms. The van der Waals surface area contributed by atoms with E-state index in [1.165, 1.54) is 38.3 Å². The molecule has 0 atom stereocenters. The molecule has 0 aliphatic heterocycles. The predicted molar refractivity (Wildman–Crippen MR) is 133 cm³/mol. The van der Waals surface area contributed by atoms with Crippen molar-refractivity contribution in [1.82, 2.24) is 0 Å². The Morgan fingerprint density at radius 3 is 2.45 bits per heavy atom. The van der Waals surface area contributed by atoms with E-state index < -0.39 is 0 Å². The number of rotatable bonds is 8. The first-order valence-corrected chi connectivity index (χ1v) is 11.2. The molecule has 0 spiro atoms. The van der Waals surface area contributed by atoms with Crippen LogP contribution in [0, 0.1) is 6.92 Å². The SMILES string of the molecule is C=Nc1cc(-c2ccccc2C(C)C)c(C)cc1SCC(/C=C\C=C/C)=C(C)C. The van der Waals surface area contributed by atoms with Crippen molar-refractivity contribution in [3.63, 3.8) is 0 Å². The maximum absolute atomic E-state index is 4.35. The Kier molecular flexibility index (Phi) is 8.72. The van der Waals surface area contributed by atoms with Gasteiger partial charge in [-0.05, 0) is 80.3 Å². The van der Waals surface area contributed by atoms with Gasteiger partial charge in [-0.15, -0.1) is 11.8 Å². The second kappa shape index (κ2) is 11.0. The molecule has 2 aromatic rings. The molecule has 0 saturated heterocycles. The quantitative estimate of drug-likeness (QED) is 0.244. The summed E-state index contributed by atoms with van der Waals surface area (Å²) in [6.07, 6.45) is 8.41. The molecule has 0 aromatic heterocycles. The normalized spacial score (nSPS) is 11.6. The van der Waals surface area contributed by atoms with E-state index in [0.717, 1.165) is 11.4 Å². The molecule has 0 unspecified atom stereocenters. The van der Waals surface area contributed by atoms with Crippen LogP contribution in [-0.4, -0.2) is 12.5 Å². The lowest BCUT2D eigenvalue weighted by atomic mass is 9.90. The van der Waals surface area contributed by atoms with Crippen molar-refractivity contribution in [3.8, 4) is 11.1 Å². The van der Waals surface area contributed by atoms with Crippen LogP contribution in [0.15, 0.2) is 81.7 Å². The fraction of sp³-hybridized carbons (Fsp3) is 0.296. The highest BCUT2D eigenvalue weighted by Gasteiger charge is 2.13. The highest BCUT2D eigenvalue weighted by molar-refractivity contribution is 7.99. The monoisotopic (exact) mass is 403 g/mol. The molecule has 2 heteroatoms. The third kappa shape index (κ3) is 6.08. The van der Waals surface area contributed by atoms with Crippen molar-refractivity contribution in [3.05, 3.63) is 83.0 Å². The van der Waals surface area contributed by atoms with Crippen molar-refractivity contribution in [1.29, 1.82) is 0 Å². The van der Waals surface area contributed by atoms with Gasteiger partial charge in [0.2, 0.25) is 0 Å². The number of hydrogen-bond acceptors (Lipinski definition) is 2. The lowest BCUT2D eigenvalue weighted by Crippen LogP contribution is -1.95. The van der Waals surface area contributed by atoms with E-state index in [0.29, 0.717) is 5.92 Å². The number of aliphatic imine (C=N–C) groups is 1. The van der Waals surface area contributed by atoms with Gasteiger partial charge in [0.1, 0.15) is 0 Å². The van der Waals surface area contributed by atoms with E-state index in [9.17, 15) is 0 Å². The molecule has 0 saturated carbocycles. The zero-order chi connectivity index (χ0) is 21.4. The first-order valence-electron chi connectivity index (χ1n) is 10.2. The van der Waals surface area contributed by atoms with E-state index in [2.05, 4.69) is 101 Å². The van der Waals surface area contributed by atoms with Crippen molar-refractivity contribution in [2.45, 2.75) is 52.4 Å². The summed E-state index contributed by atoms with van der Waals surface area (Å²) in [5.74, 6) is 1.39. The summed E-state index contributed by atoms with van der Waals surface area (Å²) in [6, 6.07) is 13.1. The highest BCUT2D eigenvalue weighted by Crippen LogP contribution is 2.39. The summed E-state index contributed by atoms with van der Waals surface area (Å²) < 4.78 is 0. The Balaban J connectivity index is 2.39. The molecule has 2 rings (SSSR count). The van der Waals surface area contributed by atoms with Crippen molar-refractivity contribution >= 4 is 24.2 Å². The van der Waals surface area contributed by atoms with Crippen molar-refractivity contribution < 1.29 is 0 Å². The van der Waals surface area contributed by atoms with Gasteiger partial charge in [0, 0.05) is 10.6 Å². The molecule has 0 N–H and O–H groups in total. The zero-order valence-corrected chi connectivity index (χ0v) is 19.4. The topological polar surface area (TPSA) is 12.4 Å². The van der Waals surface area contributed by atoms with E-state index in [1.807, 2.05) is 24.8 Å². The maximum Gasteiger partial charge on any atom is 0.0764 e. The van der Waals surface area contributed by atoms with Gasteiger partial charge in [0.05, 0.1) is 5.69 Å². The molecule has 0 aliphatic rings. The Labute approximate surface area is 181 Å². The molecule has 0 fully saturated rings. The summed E-state index contributed by atoms with van der Waals surface area (Å²) >= 11 is 1.83. The van der Waals surface area contributed by atoms with E-state index in [-0.39, 0.29) is 0 Å². The molecule has 1 nitrogen and oxygen atoms in total. The van der Waals surface area contributed by atoms with Crippen LogP contribution in [0.1, 0.15) is 51.7 Å². The standard InChI is InChI=1S/C27H33NS/c1-8-9-10-13-22(19(2)3)18-29-27-16-21(6)25(17-26(27)28-7)24-15-12-11-14-23(24)20(4)5/h8-17,20H,7,18H2,1-6H3/b9-8-,13-10-. The van der Waals surface area contributed by atoms with Gasteiger partial charge < -0.3 is 0 Å². The largest absolute Gasteiger partial charge is 0.263 e. The molecule has 0 aliphatic carbocycles. The molecule has 0 bridgehead atoms. The summed E-state index contributed by atoms with van der Waals surface area (Å²) in [7, 11) is 0. The molecule has 0 amide bonds. The fourth-order valence-electron chi connectivity index (χ4n) is 3.24. The van der Waals surface area contributed by atoms with Crippen LogP contribution < -0.4 is 0 Å². The minimum atomic E-state index is 0.476. The van der Waals surface area contributed by atoms with Gasteiger partial charge in [0.25, 0.3) is 0 Å². The Morgan fingerprint density at radius 1 is 1.10 bits per heavy atom. The van der Waals surface area contributed by atoms with Crippen LogP contribution in [0.3, 0.4) is 0 Å². The fourth-order valence-corrected chi connectivity index (χ4v) is 4.47. The van der Waals surface area contributed by atoms with Gasteiger partial charge in [-0.2, -0.15) is 0 Å². The zero-order valence-electron chi connectivity index (χ0n) is 18.6. The predicted octanol–water partition coefficient (Wildman–Crippen LogP) is 8.68. The summed E-state index contributed by atoms with van der Waals surface area (Å²) in [5, 5.41) is 0. The van der Waals surface area contributed by atoms with Crippen LogP contribution in [0.2, 0.25) is 0 Å². The lowest BCUT2D eigenvalue weighted by Gasteiger charge is -2.17. The minimum absolute atomic E-state index is 0.476. The van der Waals surface area contributed by atoms with E-state index >= 15 is 0 Å². The molecule has 0 radical (unpaired) electrons. The first-order chi connectivity index (χ1) is 13.9. The van der Waals surface area contributed by atoms with E-state index in [1.54, 1.807) is 0 Å². The third-order valence-electron chi connectivity index (χ3n) is 4.98. The summed E-state index contributed by atoms with van der Waals surface area (Å²) in [4.78, 5) is 5.54. The van der Waals surface area contributed by atoms with Crippen LogP contribution in [0.4, 0.5) is 5.69 Å². The lowest BCUT2D eigenvalue weighted by molar-refractivity contribution is 0.869. The van der Waals surface area contributed by atoms with Gasteiger partial charge in [-0.25, -0.2) is 0 Å². The molecule has 152 valence electrons. The Bertz CT molecular complexity index is 941. The van der Waals surface area contributed by atoms with Gasteiger partial charge >= 0.3 is 0 Å². The first kappa shape index (κ1) is 23.0. The van der Waals surface area contributed by atoms with Crippen molar-refractivity contribution in [2.75, 3.05) is 5.75 Å². The van der Waals surface area contributed by atoms with Crippen LogP contribution in [-0.2, 0) is 0 Å². The Hall–Kier alpha value is -2.32. The second-order valence-electron chi connectivity index (χ2n) is 7.73. The molecule has 0 heterocycles. The molecular formula is C27H33NS. The number of thioether (sulfide) groups is 1. The highest BCUT2D eigenvalue weighted by atomic mass is 32.2. The third-order valence-corrected chi connectivity index (χ3v) is 6.07. The summed E-state index contributed by atoms with van der Waals surface area (Å²) in [5.41, 5.74) is 8.82. The van der Waals surface area contributed by atoms with Crippen LogP contribution in [0.25, 0.3) is 11.1 Å². The van der Waals surface area contributed by atoms with Crippen LogP contribution in [0.5, 0.6) is 0 Å². The number of nitrogens with zero attached hydrogens (tertiary/aromatic N) is 1. The van der Waals surface area contributed by atoms with Gasteiger partial charge in [0.15, 0.2) is 0 Å².